The Kier molecular flexibility index (Phi) is 3.76. The highest BCUT2D eigenvalue weighted by molar-refractivity contribution is 5.95. The predicted molar refractivity (Wildman–Crippen MR) is 88.4 cm³/mol. The third kappa shape index (κ3) is 2.65. The molecule has 1 aromatic heterocycles. The van der Waals surface area contributed by atoms with Crippen LogP contribution in [-0.2, 0) is 11.3 Å². The Morgan fingerprint density at radius 1 is 1.23 bits per heavy atom. The van der Waals surface area contributed by atoms with E-state index in [1.54, 1.807) is 0 Å². The Balaban J connectivity index is 1.58. The summed E-state index contributed by atoms with van der Waals surface area (Å²) in [5, 5.41) is 2.97. The molecule has 1 N–H and O–H groups in total. The van der Waals surface area contributed by atoms with E-state index in [1.807, 2.05) is 12.3 Å². The van der Waals surface area contributed by atoms with Gasteiger partial charge in [-0.3, -0.25) is 9.69 Å². The van der Waals surface area contributed by atoms with Gasteiger partial charge < -0.3 is 5.32 Å². The zero-order valence-electron chi connectivity index (χ0n) is 14.1. The predicted octanol–water partition coefficient (Wildman–Crippen LogP) is 3.30. The molecular formula is C18H27N3O. The normalized spacial score (nSPS) is 23.5. The van der Waals surface area contributed by atoms with Gasteiger partial charge in [0.05, 0.1) is 0 Å². The van der Waals surface area contributed by atoms with Crippen molar-refractivity contribution in [3.63, 3.8) is 0 Å². The minimum absolute atomic E-state index is 0.0612. The fourth-order valence-electron chi connectivity index (χ4n) is 3.84. The molecule has 1 aliphatic heterocycles. The van der Waals surface area contributed by atoms with Crippen molar-refractivity contribution in [3.8, 4) is 0 Å². The van der Waals surface area contributed by atoms with Crippen LogP contribution >= 0.6 is 0 Å². The van der Waals surface area contributed by atoms with Gasteiger partial charge in [-0.15, -0.1) is 0 Å². The fourth-order valence-corrected chi connectivity index (χ4v) is 3.84. The molecule has 0 atom stereocenters. The van der Waals surface area contributed by atoms with Crippen LogP contribution in [0.2, 0.25) is 0 Å². The van der Waals surface area contributed by atoms with Crippen molar-refractivity contribution >= 4 is 11.7 Å². The number of anilines is 1. The number of hydrogen-bond donors (Lipinski definition) is 1. The molecular weight excluding hydrogens is 274 g/mol. The molecule has 1 aliphatic carbocycles. The van der Waals surface area contributed by atoms with Crippen molar-refractivity contribution in [1.29, 1.82) is 0 Å². The lowest BCUT2D eigenvalue weighted by molar-refractivity contribution is -0.118. The monoisotopic (exact) mass is 301 g/mol. The standard InChI is InChI=1S/C18H27N3O/c1-17(2)15(18(17,3)4)16(22)20-14-8-7-13(11-19-14)12-21-9-5-6-10-21/h7-8,11,15H,5-6,9-10,12H2,1-4H3,(H,19,20,22). The second kappa shape index (κ2) is 5.34. The van der Waals surface area contributed by atoms with Gasteiger partial charge in [0, 0.05) is 18.7 Å². The maximum absolute atomic E-state index is 12.4. The van der Waals surface area contributed by atoms with Crippen molar-refractivity contribution in [2.75, 3.05) is 18.4 Å². The Labute approximate surface area is 133 Å². The van der Waals surface area contributed by atoms with E-state index in [1.165, 1.54) is 31.5 Å². The number of rotatable bonds is 4. The first-order chi connectivity index (χ1) is 10.3. The van der Waals surface area contributed by atoms with Gasteiger partial charge in [-0.25, -0.2) is 4.98 Å². The number of likely N-dealkylation sites (tertiary alicyclic amines) is 1. The topological polar surface area (TPSA) is 45.2 Å². The van der Waals surface area contributed by atoms with E-state index in [0.717, 1.165) is 6.54 Å². The molecule has 2 aliphatic rings. The first-order valence-electron chi connectivity index (χ1n) is 8.30. The third-order valence-corrected chi connectivity index (χ3v) is 5.96. The number of nitrogens with zero attached hydrogens (tertiary/aromatic N) is 2. The van der Waals surface area contributed by atoms with Crippen LogP contribution in [0.25, 0.3) is 0 Å². The van der Waals surface area contributed by atoms with Gasteiger partial charge in [0.15, 0.2) is 0 Å². The molecule has 0 bridgehead atoms. The molecule has 2 fully saturated rings. The molecule has 4 nitrogen and oxygen atoms in total. The fraction of sp³-hybridized carbons (Fsp3) is 0.667. The molecule has 0 spiro atoms. The summed E-state index contributed by atoms with van der Waals surface area (Å²) in [6.45, 7) is 12.0. The van der Waals surface area contributed by atoms with Crippen LogP contribution in [0.3, 0.4) is 0 Å². The lowest BCUT2D eigenvalue weighted by Gasteiger charge is -2.14. The van der Waals surface area contributed by atoms with Crippen molar-refractivity contribution in [2.24, 2.45) is 16.7 Å². The first-order valence-corrected chi connectivity index (χ1v) is 8.30. The number of carbonyl (C=O) groups is 1. The quantitative estimate of drug-likeness (QED) is 0.928. The second-order valence-electron chi connectivity index (χ2n) is 7.90. The number of aromatic nitrogens is 1. The minimum atomic E-state index is 0.0612. The van der Waals surface area contributed by atoms with Crippen LogP contribution in [0, 0.1) is 16.7 Å². The highest BCUT2D eigenvalue weighted by atomic mass is 16.2. The lowest BCUT2D eigenvalue weighted by atomic mass is 10.0. The summed E-state index contributed by atoms with van der Waals surface area (Å²) < 4.78 is 0. The van der Waals surface area contributed by atoms with Crippen LogP contribution < -0.4 is 5.32 Å². The zero-order valence-corrected chi connectivity index (χ0v) is 14.1. The summed E-state index contributed by atoms with van der Waals surface area (Å²) in [5.41, 5.74) is 1.34. The molecule has 1 saturated carbocycles. The average Bonchev–Trinajstić information content (AvgIpc) is 2.82. The SMILES string of the molecule is CC1(C)C(C(=O)Nc2ccc(CN3CCCC3)cn2)C1(C)C. The second-order valence-corrected chi connectivity index (χ2v) is 7.90. The molecule has 0 unspecified atom stereocenters. The van der Waals surface area contributed by atoms with E-state index >= 15 is 0 Å². The number of amides is 1. The summed E-state index contributed by atoms with van der Waals surface area (Å²) in [6, 6.07) is 4.00. The van der Waals surface area contributed by atoms with E-state index in [2.05, 4.69) is 49.0 Å². The van der Waals surface area contributed by atoms with Gasteiger partial charge in [-0.05, 0) is 48.4 Å². The minimum Gasteiger partial charge on any atom is -0.310 e. The zero-order chi connectivity index (χ0) is 16.0. The third-order valence-electron chi connectivity index (χ3n) is 5.96. The van der Waals surface area contributed by atoms with Crippen LogP contribution in [-0.4, -0.2) is 28.9 Å². The summed E-state index contributed by atoms with van der Waals surface area (Å²) in [5.74, 6) is 0.814. The van der Waals surface area contributed by atoms with E-state index in [-0.39, 0.29) is 22.7 Å². The molecule has 4 heteroatoms. The maximum atomic E-state index is 12.4. The highest BCUT2D eigenvalue weighted by Crippen LogP contribution is 2.68. The molecule has 1 amide bonds. The number of pyridine rings is 1. The van der Waals surface area contributed by atoms with E-state index in [9.17, 15) is 4.79 Å². The largest absolute Gasteiger partial charge is 0.310 e. The highest BCUT2D eigenvalue weighted by Gasteiger charge is 2.68. The van der Waals surface area contributed by atoms with Crippen LogP contribution in [0.1, 0.15) is 46.1 Å². The molecule has 2 heterocycles. The first kappa shape index (κ1) is 15.5. The molecule has 3 rings (SSSR count). The summed E-state index contributed by atoms with van der Waals surface area (Å²) in [4.78, 5) is 19.3. The molecule has 22 heavy (non-hydrogen) atoms. The smallest absolute Gasteiger partial charge is 0.229 e. The maximum Gasteiger partial charge on any atom is 0.229 e. The van der Waals surface area contributed by atoms with E-state index < -0.39 is 0 Å². The van der Waals surface area contributed by atoms with Crippen molar-refractivity contribution in [2.45, 2.75) is 47.1 Å². The van der Waals surface area contributed by atoms with Crippen molar-refractivity contribution < 1.29 is 4.79 Å². The van der Waals surface area contributed by atoms with Crippen LogP contribution in [0.4, 0.5) is 5.82 Å². The average molecular weight is 301 g/mol. The number of nitrogens with one attached hydrogen (secondary N) is 1. The van der Waals surface area contributed by atoms with Crippen LogP contribution in [0.5, 0.6) is 0 Å². The Morgan fingerprint density at radius 2 is 1.86 bits per heavy atom. The Bertz CT molecular complexity index is 542. The van der Waals surface area contributed by atoms with E-state index in [4.69, 9.17) is 0 Å². The lowest BCUT2D eigenvalue weighted by Crippen LogP contribution is -2.20. The van der Waals surface area contributed by atoms with Crippen LogP contribution in [0.15, 0.2) is 18.3 Å². The van der Waals surface area contributed by atoms with Gasteiger partial charge in [-0.2, -0.15) is 0 Å². The summed E-state index contributed by atoms with van der Waals surface area (Å²) >= 11 is 0. The van der Waals surface area contributed by atoms with Crippen molar-refractivity contribution in [1.82, 2.24) is 9.88 Å². The number of carbonyl (C=O) groups excluding carboxylic acids is 1. The molecule has 1 saturated heterocycles. The Morgan fingerprint density at radius 3 is 2.36 bits per heavy atom. The summed E-state index contributed by atoms with van der Waals surface area (Å²) in [7, 11) is 0. The molecule has 1 aromatic rings. The Hall–Kier alpha value is -1.42. The van der Waals surface area contributed by atoms with Gasteiger partial charge in [0.1, 0.15) is 5.82 Å². The van der Waals surface area contributed by atoms with Gasteiger partial charge in [-0.1, -0.05) is 33.8 Å². The molecule has 120 valence electrons. The van der Waals surface area contributed by atoms with Gasteiger partial charge in [0.25, 0.3) is 0 Å². The van der Waals surface area contributed by atoms with Crippen molar-refractivity contribution in [3.05, 3.63) is 23.9 Å². The van der Waals surface area contributed by atoms with E-state index in [0.29, 0.717) is 5.82 Å². The van der Waals surface area contributed by atoms with Gasteiger partial charge >= 0.3 is 0 Å². The summed E-state index contributed by atoms with van der Waals surface area (Å²) in [6.07, 6.45) is 4.49. The number of hydrogen-bond acceptors (Lipinski definition) is 3. The molecule has 0 radical (unpaired) electrons. The molecule has 0 aromatic carbocycles. The van der Waals surface area contributed by atoms with Gasteiger partial charge in [0.2, 0.25) is 5.91 Å².